The zero-order valence-corrected chi connectivity index (χ0v) is 13.8. The Morgan fingerprint density at radius 3 is 2.71 bits per heavy atom. The molecule has 2 aromatic rings. The van der Waals surface area contributed by atoms with Gasteiger partial charge in [-0.1, -0.05) is 5.16 Å². The zero-order chi connectivity index (χ0) is 17.1. The van der Waals surface area contributed by atoms with Gasteiger partial charge in [0.05, 0.1) is 23.4 Å². The van der Waals surface area contributed by atoms with Crippen LogP contribution in [0.3, 0.4) is 0 Å². The highest BCUT2D eigenvalue weighted by molar-refractivity contribution is 5.10. The lowest BCUT2D eigenvalue weighted by atomic mass is 10.2. The summed E-state index contributed by atoms with van der Waals surface area (Å²) in [5, 5.41) is 19.1. The Bertz CT molecular complexity index is 698. The molecule has 3 heterocycles. The molecule has 0 aromatic carbocycles. The minimum atomic E-state index is -0.407. The first-order chi connectivity index (χ1) is 11.5. The predicted octanol–water partition coefficient (Wildman–Crippen LogP) is 1.50. The number of hydrogen-bond donors (Lipinski definition) is 0. The molecule has 0 N–H and O–H groups in total. The molecule has 24 heavy (non-hydrogen) atoms. The fraction of sp³-hybridized carbons (Fsp3) is 0.467. The Labute approximate surface area is 139 Å². The van der Waals surface area contributed by atoms with Crippen LogP contribution < -0.4 is 0 Å². The summed E-state index contributed by atoms with van der Waals surface area (Å²) >= 11 is 0. The molecule has 3 rings (SSSR count). The largest absolute Gasteiger partial charge is 0.359 e. The fourth-order valence-corrected chi connectivity index (χ4v) is 2.91. The van der Waals surface area contributed by atoms with Gasteiger partial charge in [-0.25, -0.2) is 0 Å². The van der Waals surface area contributed by atoms with Crippen LogP contribution >= 0.6 is 0 Å². The van der Waals surface area contributed by atoms with Crippen molar-refractivity contribution in [3.8, 4) is 0 Å². The van der Waals surface area contributed by atoms with Gasteiger partial charge in [0.25, 0.3) is 6.20 Å². The highest BCUT2D eigenvalue weighted by Gasteiger charge is 2.26. The number of hydrogen-bond acceptors (Lipinski definition) is 7. The monoisotopic (exact) mass is 332 g/mol. The molecule has 2 aromatic heterocycles. The van der Waals surface area contributed by atoms with E-state index >= 15 is 0 Å². The molecular formula is C15H20N6O3. The van der Waals surface area contributed by atoms with Crippen molar-refractivity contribution in [3.63, 3.8) is 0 Å². The Kier molecular flexibility index (Phi) is 4.50. The normalized spacial score (nSPS) is 16.8. The van der Waals surface area contributed by atoms with E-state index in [1.54, 1.807) is 10.9 Å². The van der Waals surface area contributed by atoms with Crippen LogP contribution in [-0.2, 0) is 20.1 Å². The van der Waals surface area contributed by atoms with Gasteiger partial charge >= 0.3 is 0 Å². The van der Waals surface area contributed by atoms with Crippen LogP contribution in [0.5, 0.6) is 0 Å². The molecule has 0 unspecified atom stereocenters. The SMILES string of the molecule is Cc1cc(CN2CCCN(Cc3cnn(C)c3)/C2=C/[N+](=O)[O-])on1. The molecule has 0 amide bonds. The summed E-state index contributed by atoms with van der Waals surface area (Å²) in [6.45, 7) is 4.40. The summed E-state index contributed by atoms with van der Waals surface area (Å²) in [4.78, 5) is 14.7. The van der Waals surface area contributed by atoms with E-state index in [4.69, 9.17) is 4.52 Å². The molecule has 9 nitrogen and oxygen atoms in total. The third-order valence-electron chi connectivity index (χ3n) is 3.88. The van der Waals surface area contributed by atoms with Gasteiger partial charge in [-0.3, -0.25) is 14.8 Å². The smallest absolute Gasteiger partial charge is 0.274 e. The van der Waals surface area contributed by atoms with E-state index in [2.05, 4.69) is 10.3 Å². The molecule has 1 aliphatic rings. The van der Waals surface area contributed by atoms with Gasteiger partial charge < -0.3 is 14.3 Å². The maximum absolute atomic E-state index is 11.1. The van der Waals surface area contributed by atoms with E-state index in [0.29, 0.717) is 24.7 Å². The Balaban J connectivity index is 1.81. The maximum Gasteiger partial charge on any atom is 0.274 e. The van der Waals surface area contributed by atoms with Crippen LogP contribution in [0.15, 0.2) is 35.0 Å². The minimum absolute atomic E-state index is 0.407. The van der Waals surface area contributed by atoms with Crippen LogP contribution in [0.25, 0.3) is 0 Å². The third-order valence-corrected chi connectivity index (χ3v) is 3.88. The van der Waals surface area contributed by atoms with Gasteiger partial charge in [0.15, 0.2) is 11.6 Å². The van der Waals surface area contributed by atoms with Gasteiger partial charge in [0, 0.05) is 44.5 Å². The second-order valence-corrected chi connectivity index (χ2v) is 5.93. The number of rotatable bonds is 5. The third kappa shape index (κ3) is 3.73. The molecule has 0 radical (unpaired) electrons. The first kappa shape index (κ1) is 16.0. The molecule has 9 heteroatoms. The van der Waals surface area contributed by atoms with Gasteiger partial charge in [-0.15, -0.1) is 0 Å². The highest BCUT2D eigenvalue weighted by atomic mass is 16.6. The molecule has 1 saturated heterocycles. The second-order valence-electron chi connectivity index (χ2n) is 5.93. The van der Waals surface area contributed by atoms with E-state index in [1.165, 1.54) is 0 Å². The van der Waals surface area contributed by atoms with Crippen molar-refractivity contribution in [2.45, 2.75) is 26.4 Å². The zero-order valence-electron chi connectivity index (χ0n) is 13.8. The minimum Gasteiger partial charge on any atom is -0.359 e. The summed E-state index contributed by atoms with van der Waals surface area (Å²) in [5.41, 5.74) is 1.82. The maximum atomic E-state index is 11.1. The average molecular weight is 332 g/mol. The van der Waals surface area contributed by atoms with Gasteiger partial charge in [0.2, 0.25) is 0 Å². The Morgan fingerprint density at radius 2 is 2.12 bits per heavy atom. The van der Waals surface area contributed by atoms with E-state index < -0.39 is 4.92 Å². The molecule has 0 saturated carbocycles. The van der Waals surface area contributed by atoms with Crippen LogP contribution in [0.1, 0.15) is 23.4 Å². The van der Waals surface area contributed by atoms with Crippen LogP contribution in [0.4, 0.5) is 0 Å². The predicted molar refractivity (Wildman–Crippen MR) is 85.0 cm³/mol. The molecule has 0 atom stereocenters. The highest BCUT2D eigenvalue weighted by Crippen LogP contribution is 2.23. The van der Waals surface area contributed by atoms with Gasteiger partial charge in [-0.2, -0.15) is 5.10 Å². The molecule has 1 fully saturated rings. The standard InChI is InChI=1S/C15H20N6O3/c1-12-6-14(24-17-12)10-20-5-3-4-19(15(20)11-21(22)23)9-13-7-16-18(2)8-13/h6-8,11H,3-5,9-10H2,1-2H3/b15-11-. The quantitative estimate of drug-likeness (QED) is 0.605. The van der Waals surface area contributed by atoms with Gasteiger partial charge in [-0.05, 0) is 13.3 Å². The van der Waals surface area contributed by atoms with Gasteiger partial charge in [0.1, 0.15) is 0 Å². The average Bonchev–Trinajstić information content (AvgIpc) is 3.10. The molecule has 128 valence electrons. The number of aromatic nitrogens is 3. The lowest BCUT2D eigenvalue weighted by molar-refractivity contribution is -0.405. The summed E-state index contributed by atoms with van der Waals surface area (Å²) in [6.07, 6.45) is 5.69. The van der Waals surface area contributed by atoms with Crippen molar-refractivity contribution in [1.29, 1.82) is 0 Å². The van der Waals surface area contributed by atoms with Crippen LogP contribution in [0, 0.1) is 17.0 Å². The first-order valence-corrected chi connectivity index (χ1v) is 7.76. The summed E-state index contributed by atoms with van der Waals surface area (Å²) in [7, 11) is 1.85. The van der Waals surface area contributed by atoms with E-state index in [-0.39, 0.29) is 0 Å². The van der Waals surface area contributed by atoms with E-state index in [9.17, 15) is 10.1 Å². The molecule has 0 aliphatic carbocycles. The molecule has 1 aliphatic heterocycles. The summed E-state index contributed by atoms with van der Waals surface area (Å²) in [6, 6.07) is 1.85. The molecule has 0 bridgehead atoms. The van der Waals surface area contributed by atoms with Crippen molar-refractivity contribution in [2.24, 2.45) is 7.05 Å². The lowest BCUT2D eigenvalue weighted by Crippen LogP contribution is -2.42. The molecule has 0 spiro atoms. The molecular weight excluding hydrogens is 312 g/mol. The lowest BCUT2D eigenvalue weighted by Gasteiger charge is -2.38. The first-order valence-electron chi connectivity index (χ1n) is 7.76. The number of nitrogens with zero attached hydrogens (tertiary/aromatic N) is 6. The number of aryl methyl sites for hydroxylation is 2. The summed E-state index contributed by atoms with van der Waals surface area (Å²) < 4.78 is 6.98. The van der Waals surface area contributed by atoms with Crippen molar-refractivity contribution < 1.29 is 9.45 Å². The van der Waals surface area contributed by atoms with Crippen molar-refractivity contribution in [1.82, 2.24) is 24.7 Å². The number of nitro groups is 1. The van der Waals surface area contributed by atoms with Crippen molar-refractivity contribution in [3.05, 3.63) is 57.6 Å². The Morgan fingerprint density at radius 1 is 1.38 bits per heavy atom. The Hall–Kier alpha value is -2.84. The van der Waals surface area contributed by atoms with Crippen LogP contribution in [-0.4, -0.2) is 42.7 Å². The summed E-state index contributed by atoms with van der Waals surface area (Å²) in [5.74, 6) is 1.29. The second kappa shape index (κ2) is 6.73. The van der Waals surface area contributed by atoms with Crippen molar-refractivity contribution >= 4 is 0 Å². The van der Waals surface area contributed by atoms with Crippen molar-refractivity contribution in [2.75, 3.05) is 13.1 Å². The van der Waals surface area contributed by atoms with E-state index in [0.717, 1.165) is 37.0 Å². The van der Waals surface area contributed by atoms with Crippen LogP contribution in [0.2, 0.25) is 0 Å². The van der Waals surface area contributed by atoms with E-state index in [1.807, 2.05) is 36.0 Å². The topological polar surface area (TPSA) is 93.5 Å². The fourth-order valence-electron chi connectivity index (χ4n) is 2.91.